The molecule has 16 heavy (non-hydrogen) atoms. The number of primary sulfonamides is 1. The largest absolute Gasteiger partial charge is 0.494 e. The van der Waals surface area contributed by atoms with Crippen LogP contribution >= 0.6 is 15.9 Å². The Kier molecular flexibility index (Phi) is 3.56. The second kappa shape index (κ2) is 4.40. The highest BCUT2D eigenvalue weighted by Gasteiger charge is 2.20. The molecule has 0 radical (unpaired) electrons. The summed E-state index contributed by atoms with van der Waals surface area (Å²) in [6.45, 7) is 0. The van der Waals surface area contributed by atoms with E-state index in [4.69, 9.17) is 15.0 Å². The number of halogens is 1. The van der Waals surface area contributed by atoms with Gasteiger partial charge in [0.05, 0.1) is 17.1 Å². The minimum atomic E-state index is -4.04. The van der Waals surface area contributed by atoms with Crippen molar-refractivity contribution in [2.75, 3.05) is 7.11 Å². The van der Waals surface area contributed by atoms with Crippen LogP contribution in [0.3, 0.4) is 0 Å². The lowest BCUT2D eigenvalue weighted by molar-refractivity contribution is 0.0696. The molecule has 0 aliphatic heterocycles. The standard InChI is InChI=1S/C8H8BrNO5S/c1-15-7-5(9)2-4(8(11)12)3-6(7)16(10,13)14/h2-3H,1H3,(H,11,12)(H2,10,13,14). The van der Waals surface area contributed by atoms with E-state index in [0.717, 1.165) is 6.07 Å². The molecule has 3 N–H and O–H groups in total. The summed E-state index contributed by atoms with van der Waals surface area (Å²) < 4.78 is 27.5. The highest BCUT2D eigenvalue weighted by Crippen LogP contribution is 2.33. The third-order valence-corrected chi connectivity index (χ3v) is 3.27. The fraction of sp³-hybridized carbons (Fsp3) is 0.125. The van der Waals surface area contributed by atoms with Crippen molar-refractivity contribution >= 4 is 31.9 Å². The maximum Gasteiger partial charge on any atom is 0.335 e. The average Bonchev–Trinajstić information content (AvgIpc) is 2.14. The molecule has 0 amide bonds. The molecule has 0 aromatic heterocycles. The quantitative estimate of drug-likeness (QED) is 0.859. The van der Waals surface area contributed by atoms with Crippen LogP contribution in [0.25, 0.3) is 0 Å². The van der Waals surface area contributed by atoms with Crippen LogP contribution in [0.2, 0.25) is 0 Å². The van der Waals surface area contributed by atoms with E-state index in [2.05, 4.69) is 15.9 Å². The summed E-state index contributed by atoms with van der Waals surface area (Å²) in [7, 11) is -2.78. The molecule has 0 fully saturated rings. The molecule has 0 unspecified atom stereocenters. The van der Waals surface area contributed by atoms with Crippen LogP contribution in [0.5, 0.6) is 5.75 Å². The number of benzene rings is 1. The fourth-order valence-electron chi connectivity index (χ4n) is 1.10. The van der Waals surface area contributed by atoms with Crippen molar-refractivity contribution in [3.8, 4) is 5.75 Å². The number of ether oxygens (including phenoxy) is 1. The Balaban J connectivity index is 3.62. The number of sulfonamides is 1. The molecule has 0 aliphatic carbocycles. The maximum absolute atomic E-state index is 11.2. The predicted molar refractivity (Wildman–Crippen MR) is 59.0 cm³/mol. The third-order valence-electron chi connectivity index (χ3n) is 1.77. The zero-order chi connectivity index (χ0) is 12.5. The molecule has 0 bridgehead atoms. The Labute approximate surface area is 100 Å². The van der Waals surface area contributed by atoms with Gasteiger partial charge < -0.3 is 9.84 Å². The predicted octanol–water partition coefficient (Wildman–Crippen LogP) is 0.803. The molecular weight excluding hydrogens is 302 g/mol. The lowest BCUT2D eigenvalue weighted by atomic mass is 10.2. The second-order valence-corrected chi connectivity index (χ2v) is 5.22. The number of aromatic carboxylic acids is 1. The molecule has 0 atom stereocenters. The van der Waals surface area contributed by atoms with Gasteiger partial charge in [0.1, 0.15) is 4.90 Å². The minimum Gasteiger partial charge on any atom is -0.494 e. The van der Waals surface area contributed by atoms with Gasteiger partial charge in [0.2, 0.25) is 10.0 Å². The first-order chi connectivity index (χ1) is 7.27. The molecule has 0 saturated heterocycles. The number of carboxylic acids is 1. The van der Waals surface area contributed by atoms with Crippen molar-refractivity contribution in [1.29, 1.82) is 0 Å². The van der Waals surface area contributed by atoms with Gasteiger partial charge in [0.25, 0.3) is 0 Å². The first kappa shape index (κ1) is 12.9. The summed E-state index contributed by atoms with van der Waals surface area (Å²) in [4.78, 5) is 10.4. The van der Waals surface area contributed by atoms with Crippen LogP contribution in [0.15, 0.2) is 21.5 Å². The zero-order valence-electron chi connectivity index (χ0n) is 8.10. The van der Waals surface area contributed by atoms with E-state index in [-0.39, 0.29) is 20.7 Å². The van der Waals surface area contributed by atoms with E-state index in [9.17, 15) is 13.2 Å². The second-order valence-electron chi connectivity index (χ2n) is 2.84. The normalized spacial score (nSPS) is 11.2. The Morgan fingerprint density at radius 2 is 2.06 bits per heavy atom. The fourth-order valence-corrected chi connectivity index (χ4v) is 2.60. The van der Waals surface area contributed by atoms with Crippen LogP contribution in [-0.2, 0) is 10.0 Å². The van der Waals surface area contributed by atoms with E-state index in [1.54, 1.807) is 0 Å². The first-order valence-electron chi connectivity index (χ1n) is 3.91. The smallest absolute Gasteiger partial charge is 0.335 e. The molecule has 0 aliphatic rings. The summed E-state index contributed by atoms with van der Waals surface area (Å²) >= 11 is 3.01. The molecule has 1 aromatic rings. The van der Waals surface area contributed by atoms with Crippen molar-refractivity contribution < 1.29 is 23.1 Å². The van der Waals surface area contributed by atoms with Crippen LogP contribution in [0.1, 0.15) is 10.4 Å². The molecule has 0 heterocycles. The first-order valence-corrected chi connectivity index (χ1v) is 6.25. The van der Waals surface area contributed by atoms with Crippen LogP contribution in [-0.4, -0.2) is 26.6 Å². The third kappa shape index (κ3) is 2.52. The van der Waals surface area contributed by atoms with Crippen molar-refractivity contribution in [2.24, 2.45) is 5.14 Å². The molecule has 6 nitrogen and oxygen atoms in total. The molecule has 88 valence electrons. The number of hydrogen-bond donors (Lipinski definition) is 2. The maximum atomic E-state index is 11.2. The Morgan fingerprint density at radius 1 is 1.50 bits per heavy atom. The summed E-state index contributed by atoms with van der Waals surface area (Å²) in [6.07, 6.45) is 0. The summed E-state index contributed by atoms with van der Waals surface area (Å²) in [5.41, 5.74) is -0.197. The SMILES string of the molecule is COc1c(Br)cc(C(=O)O)cc1S(N)(=O)=O. The van der Waals surface area contributed by atoms with Gasteiger partial charge in [0, 0.05) is 0 Å². The Hall–Kier alpha value is -1.12. The zero-order valence-corrected chi connectivity index (χ0v) is 10.5. The lowest BCUT2D eigenvalue weighted by Gasteiger charge is -2.09. The highest BCUT2D eigenvalue weighted by molar-refractivity contribution is 9.10. The van der Waals surface area contributed by atoms with Crippen molar-refractivity contribution in [3.05, 3.63) is 22.2 Å². The molecule has 1 aromatic carbocycles. The van der Waals surface area contributed by atoms with Gasteiger partial charge in [-0.15, -0.1) is 0 Å². The lowest BCUT2D eigenvalue weighted by Crippen LogP contribution is -2.15. The van der Waals surface area contributed by atoms with E-state index in [0.29, 0.717) is 0 Å². The number of carbonyl (C=O) groups is 1. The molecule has 8 heteroatoms. The van der Waals surface area contributed by atoms with Crippen LogP contribution < -0.4 is 9.88 Å². The van der Waals surface area contributed by atoms with Gasteiger partial charge in [-0.1, -0.05) is 0 Å². The Morgan fingerprint density at radius 3 is 2.44 bits per heavy atom. The van der Waals surface area contributed by atoms with Gasteiger partial charge in [-0.3, -0.25) is 0 Å². The number of methoxy groups -OCH3 is 1. The number of hydrogen-bond acceptors (Lipinski definition) is 4. The monoisotopic (exact) mass is 309 g/mol. The average molecular weight is 310 g/mol. The Bertz CT molecular complexity index is 540. The minimum absolute atomic E-state index is 0.0208. The number of rotatable bonds is 3. The summed E-state index contributed by atoms with van der Waals surface area (Å²) in [5, 5.41) is 13.7. The molecule has 0 spiro atoms. The van der Waals surface area contributed by atoms with Crippen molar-refractivity contribution in [2.45, 2.75) is 4.90 Å². The van der Waals surface area contributed by atoms with Gasteiger partial charge >= 0.3 is 5.97 Å². The highest BCUT2D eigenvalue weighted by atomic mass is 79.9. The molecule has 0 saturated carbocycles. The molecular formula is C8H8BrNO5S. The topological polar surface area (TPSA) is 107 Å². The number of carboxylic acid groups (broad SMARTS) is 1. The summed E-state index contributed by atoms with van der Waals surface area (Å²) in [6, 6.07) is 2.18. The molecule has 1 rings (SSSR count). The van der Waals surface area contributed by atoms with Crippen molar-refractivity contribution in [3.63, 3.8) is 0 Å². The van der Waals surface area contributed by atoms with E-state index in [1.807, 2.05) is 0 Å². The van der Waals surface area contributed by atoms with E-state index >= 15 is 0 Å². The summed E-state index contributed by atoms with van der Waals surface area (Å²) in [5.74, 6) is -1.28. The van der Waals surface area contributed by atoms with Crippen LogP contribution in [0.4, 0.5) is 0 Å². The van der Waals surface area contributed by atoms with Gasteiger partial charge in [-0.05, 0) is 28.1 Å². The number of nitrogens with two attached hydrogens (primary N) is 1. The van der Waals surface area contributed by atoms with Crippen molar-refractivity contribution in [1.82, 2.24) is 0 Å². The van der Waals surface area contributed by atoms with Gasteiger partial charge in [-0.2, -0.15) is 0 Å². The van der Waals surface area contributed by atoms with Crippen LogP contribution in [0, 0.1) is 0 Å². The van der Waals surface area contributed by atoms with Gasteiger partial charge in [0.15, 0.2) is 5.75 Å². The van der Waals surface area contributed by atoms with E-state index < -0.39 is 16.0 Å². The van der Waals surface area contributed by atoms with E-state index in [1.165, 1.54) is 13.2 Å². The van der Waals surface area contributed by atoms with Gasteiger partial charge in [-0.25, -0.2) is 18.4 Å².